The highest BCUT2D eigenvalue weighted by molar-refractivity contribution is 8.00. The molecule has 0 bridgehead atoms. The Morgan fingerprint density at radius 1 is 1.31 bits per heavy atom. The van der Waals surface area contributed by atoms with Gasteiger partial charge in [0.15, 0.2) is 0 Å². The van der Waals surface area contributed by atoms with Crippen molar-refractivity contribution < 1.29 is 29.0 Å². The summed E-state index contributed by atoms with van der Waals surface area (Å²) in [5.74, 6) is -3.03. The Labute approximate surface area is 152 Å². The largest absolute Gasteiger partial charge is 0.477 e. The molecule has 3 saturated heterocycles. The van der Waals surface area contributed by atoms with Crippen molar-refractivity contribution in [1.29, 1.82) is 0 Å². The zero-order valence-corrected chi connectivity index (χ0v) is 14.4. The molecule has 1 aromatic rings. The van der Waals surface area contributed by atoms with Crippen molar-refractivity contribution in [2.45, 2.75) is 30.0 Å². The molecule has 0 spiro atoms. The van der Waals surface area contributed by atoms with Gasteiger partial charge >= 0.3 is 11.9 Å². The summed E-state index contributed by atoms with van der Waals surface area (Å²) in [7, 11) is 0. The third-order valence-electron chi connectivity index (χ3n) is 4.94. The molecule has 3 aliphatic heterocycles. The van der Waals surface area contributed by atoms with E-state index in [2.05, 4.69) is 5.32 Å². The lowest BCUT2D eigenvalue weighted by Gasteiger charge is -2.56. The minimum absolute atomic E-state index is 0.0270. The lowest BCUT2D eigenvalue weighted by molar-refractivity contribution is -0.216. The number of β-lactam (4-membered cyclic amide) rings is 1. The van der Waals surface area contributed by atoms with Crippen LogP contribution in [0.2, 0.25) is 0 Å². The van der Waals surface area contributed by atoms with Crippen LogP contribution < -0.4 is 5.32 Å². The Kier molecular flexibility index (Phi) is 3.91. The van der Waals surface area contributed by atoms with Crippen molar-refractivity contribution in [1.82, 2.24) is 10.2 Å². The summed E-state index contributed by atoms with van der Waals surface area (Å²) in [6.07, 6.45) is 0.102. The van der Waals surface area contributed by atoms with Gasteiger partial charge in [-0.1, -0.05) is 30.3 Å². The van der Waals surface area contributed by atoms with Gasteiger partial charge in [0.25, 0.3) is 11.6 Å². The molecule has 2 amide bonds. The van der Waals surface area contributed by atoms with Gasteiger partial charge < -0.3 is 15.2 Å². The summed E-state index contributed by atoms with van der Waals surface area (Å²) in [4.78, 5) is 49.4. The second-order valence-corrected chi connectivity index (χ2v) is 7.67. The smallest absolute Gasteiger partial charge is 0.370 e. The first kappa shape index (κ1) is 16.9. The summed E-state index contributed by atoms with van der Waals surface area (Å²) in [6, 6.07) is 8.30. The molecule has 136 valence electrons. The van der Waals surface area contributed by atoms with Gasteiger partial charge in [-0.25, -0.2) is 4.79 Å². The fourth-order valence-electron chi connectivity index (χ4n) is 3.72. The first-order valence-corrected chi connectivity index (χ1v) is 9.21. The number of aliphatic carboxylic acids is 1. The number of thioether (sulfide) groups is 1. The molecule has 0 aliphatic carbocycles. The molecule has 0 saturated carbocycles. The highest BCUT2D eigenvalue weighted by Crippen LogP contribution is 2.51. The van der Waals surface area contributed by atoms with E-state index < -0.39 is 40.9 Å². The number of esters is 1. The van der Waals surface area contributed by atoms with Gasteiger partial charge in [-0.3, -0.25) is 19.3 Å². The van der Waals surface area contributed by atoms with Crippen molar-refractivity contribution in [3.8, 4) is 0 Å². The number of carboxylic acid groups (broad SMARTS) is 1. The number of fused-ring (bicyclic) bond motifs is 3. The molecule has 0 radical (unpaired) electrons. The maximum atomic E-state index is 12.6. The van der Waals surface area contributed by atoms with Gasteiger partial charge in [-0.2, -0.15) is 0 Å². The number of hydrogen-bond donors (Lipinski definition) is 2. The topological polar surface area (TPSA) is 113 Å². The lowest BCUT2D eigenvalue weighted by Crippen LogP contribution is -2.80. The van der Waals surface area contributed by atoms with E-state index in [1.165, 1.54) is 11.8 Å². The van der Waals surface area contributed by atoms with Crippen molar-refractivity contribution in [3.05, 3.63) is 35.9 Å². The average Bonchev–Trinajstić information content (AvgIpc) is 2.96. The van der Waals surface area contributed by atoms with E-state index in [1.54, 1.807) is 0 Å². The number of hydrogen-bond acceptors (Lipinski definition) is 6. The minimum Gasteiger partial charge on any atom is -0.477 e. The Morgan fingerprint density at radius 2 is 2.04 bits per heavy atom. The van der Waals surface area contributed by atoms with Gasteiger partial charge in [0.05, 0.1) is 12.8 Å². The molecule has 4 atom stereocenters. The molecule has 2 N–H and O–H groups in total. The number of benzene rings is 1. The first-order valence-electron chi connectivity index (χ1n) is 8.17. The Bertz CT molecular complexity index is 800. The van der Waals surface area contributed by atoms with E-state index in [0.717, 1.165) is 10.5 Å². The Hall–Kier alpha value is -2.55. The van der Waals surface area contributed by atoms with E-state index in [4.69, 9.17) is 4.74 Å². The predicted molar refractivity (Wildman–Crippen MR) is 89.7 cm³/mol. The van der Waals surface area contributed by atoms with Crippen LogP contribution in [0, 0.1) is 5.92 Å². The van der Waals surface area contributed by atoms with Crippen LogP contribution in [0.3, 0.4) is 0 Å². The number of ether oxygens (including phenoxy) is 1. The summed E-state index contributed by atoms with van der Waals surface area (Å²) in [5.41, 5.74) is -1.12. The zero-order valence-electron chi connectivity index (χ0n) is 13.6. The second kappa shape index (κ2) is 6.01. The van der Waals surface area contributed by atoms with Crippen LogP contribution in [0.4, 0.5) is 0 Å². The van der Waals surface area contributed by atoms with Crippen LogP contribution in [0.1, 0.15) is 12.0 Å². The third-order valence-corrected chi connectivity index (χ3v) is 6.35. The van der Waals surface area contributed by atoms with Gasteiger partial charge in [0, 0.05) is 11.7 Å². The molecule has 3 fully saturated rings. The van der Waals surface area contributed by atoms with Crippen LogP contribution in [0.15, 0.2) is 30.3 Å². The summed E-state index contributed by atoms with van der Waals surface area (Å²) in [6.45, 7) is 0. The van der Waals surface area contributed by atoms with Crippen molar-refractivity contribution in [3.63, 3.8) is 0 Å². The molecular formula is C17H16N2O6S. The van der Waals surface area contributed by atoms with E-state index in [1.807, 2.05) is 30.3 Å². The highest BCUT2D eigenvalue weighted by atomic mass is 32.2. The fourth-order valence-corrected chi connectivity index (χ4v) is 5.28. The third kappa shape index (κ3) is 2.38. The van der Waals surface area contributed by atoms with Crippen molar-refractivity contribution in [2.75, 3.05) is 5.75 Å². The Morgan fingerprint density at radius 3 is 2.73 bits per heavy atom. The van der Waals surface area contributed by atoms with Gasteiger partial charge in [0.1, 0.15) is 11.4 Å². The van der Waals surface area contributed by atoms with Crippen LogP contribution in [0.25, 0.3) is 0 Å². The molecule has 8 nitrogen and oxygen atoms in total. The quantitative estimate of drug-likeness (QED) is 0.561. The Balaban J connectivity index is 1.49. The number of carboxylic acids is 1. The summed E-state index contributed by atoms with van der Waals surface area (Å²) < 4.78 is 5.11. The molecule has 9 heteroatoms. The molecule has 1 aromatic carbocycles. The maximum absolute atomic E-state index is 12.6. The fraction of sp³-hybridized carbons (Fsp3) is 0.412. The normalized spacial score (nSPS) is 32.2. The van der Waals surface area contributed by atoms with E-state index in [0.29, 0.717) is 5.75 Å². The van der Waals surface area contributed by atoms with Crippen LogP contribution >= 0.6 is 11.8 Å². The van der Waals surface area contributed by atoms with Crippen LogP contribution in [0.5, 0.6) is 0 Å². The maximum Gasteiger partial charge on any atom is 0.370 e. The molecule has 3 aliphatic rings. The van der Waals surface area contributed by atoms with Gasteiger partial charge in [-0.15, -0.1) is 11.8 Å². The molecule has 4 rings (SSSR count). The zero-order chi connectivity index (χ0) is 18.5. The summed E-state index contributed by atoms with van der Waals surface area (Å²) in [5, 5.41) is 11.8. The lowest BCUT2D eigenvalue weighted by atomic mass is 9.89. The predicted octanol–water partition coefficient (Wildman–Crippen LogP) is -0.0270. The number of carbonyl (C=O) groups is 4. The van der Waals surface area contributed by atoms with E-state index in [9.17, 15) is 24.3 Å². The monoisotopic (exact) mass is 376 g/mol. The molecule has 0 aromatic heterocycles. The van der Waals surface area contributed by atoms with Crippen LogP contribution in [-0.2, 0) is 30.3 Å². The minimum atomic E-state index is -1.94. The average molecular weight is 376 g/mol. The van der Waals surface area contributed by atoms with E-state index in [-0.39, 0.29) is 18.7 Å². The van der Waals surface area contributed by atoms with Crippen LogP contribution in [-0.4, -0.2) is 56.7 Å². The second-order valence-electron chi connectivity index (χ2n) is 6.52. The summed E-state index contributed by atoms with van der Waals surface area (Å²) >= 11 is 1.36. The molecule has 3 heterocycles. The molecule has 0 unspecified atom stereocenters. The molecule has 26 heavy (non-hydrogen) atoms. The van der Waals surface area contributed by atoms with Gasteiger partial charge in [0.2, 0.25) is 5.91 Å². The standard InChI is InChI=1S/C17H16N2O6S/c20-11(6-9-4-2-1-3-5-9)18-13-14(22)19-15(13)26-8-10-7-12(21)25-17(10,19)16(23)24/h1-5,10,13,15H,6-8H2,(H,18,20)(H,23,24)/t10-,13-,15-,17-/m1/s1. The number of rotatable bonds is 4. The first-order chi connectivity index (χ1) is 12.4. The number of amides is 2. The van der Waals surface area contributed by atoms with Gasteiger partial charge in [-0.05, 0) is 5.56 Å². The van der Waals surface area contributed by atoms with Crippen molar-refractivity contribution in [2.24, 2.45) is 5.92 Å². The number of nitrogens with zero attached hydrogens (tertiary/aromatic N) is 1. The SMILES string of the molecule is O=C(Cc1ccccc1)N[C@@H]1C(=O)N2[C@@H]1SC[C@H]1CC(=O)O[C@@]12C(=O)O. The molecular weight excluding hydrogens is 360 g/mol. The number of carbonyl (C=O) groups excluding carboxylic acids is 3. The van der Waals surface area contributed by atoms with E-state index >= 15 is 0 Å². The number of nitrogens with one attached hydrogen (secondary N) is 1. The highest BCUT2D eigenvalue weighted by Gasteiger charge is 2.71. The van der Waals surface area contributed by atoms with Crippen molar-refractivity contribution >= 4 is 35.5 Å².